The second kappa shape index (κ2) is 5.67. The van der Waals surface area contributed by atoms with Crippen molar-refractivity contribution in [1.29, 1.82) is 0 Å². The average Bonchev–Trinajstić information content (AvgIpc) is 2.64. The summed E-state index contributed by atoms with van der Waals surface area (Å²) in [6, 6.07) is 0. The molecule has 2 unspecified atom stereocenters. The minimum Gasteiger partial charge on any atom is -0.377 e. The predicted molar refractivity (Wildman–Crippen MR) is 70.0 cm³/mol. The lowest BCUT2D eigenvalue weighted by atomic mass is 10.0. The van der Waals surface area contributed by atoms with Crippen molar-refractivity contribution < 1.29 is 13.2 Å². The average molecular weight is 263 g/mol. The van der Waals surface area contributed by atoms with Gasteiger partial charge in [0.05, 0.1) is 17.1 Å². The summed E-state index contributed by atoms with van der Waals surface area (Å²) in [7, 11) is -3.03. The van der Waals surface area contributed by atoms with E-state index in [1.807, 2.05) is 6.92 Å². The smallest absolute Gasteiger partial charge is 0.157 e. The molecule has 4 nitrogen and oxygen atoms in total. The molecule has 0 bridgehead atoms. The van der Waals surface area contributed by atoms with Crippen molar-refractivity contribution >= 4 is 9.84 Å². The van der Waals surface area contributed by atoms with Gasteiger partial charge in [0.1, 0.15) is 0 Å². The SMILES string of the molecule is CCC(C)(C)NCCS(=O)(=O)C1CCOC1C. The standard InChI is InChI=1S/C12H25NO3S/c1-5-12(3,4)13-7-9-17(14,15)11-6-8-16-10(11)2/h10-11,13H,5-9H2,1-4H3. The summed E-state index contributed by atoms with van der Waals surface area (Å²) in [5.41, 5.74) is 0.00725. The number of hydrogen-bond donors (Lipinski definition) is 1. The van der Waals surface area contributed by atoms with E-state index in [-0.39, 0.29) is 22.6 Å². The van der Waals surface area contributed by atoms with E-state index in [0.717, 1.165) is 6.42 Å². The first kappa shape index (κ1) is 14.9. The first-order valence-electron chi connectivity index (χ1n) is 6.37. The van der Waals surface area contributed by atoms with Crippen LogP contribution in [0.2, 0.25) is 0 Å². The third-order valence-electron chi connectivity index (χ3n) is 3.64. The van der Waals surface area contributed by atoms with Crippen LogP contribution in [-0.2, 0) is 14.6 Å². The van der Waals surface area contributed by atoms with E-state index in [2.05, 4.69) is 26.1 Å². The van der Waals surface area contributed by atoms with Crippen LogP contribution >= 0.6 is 0 Å². The van der Waals surface area contributed by atoms with E-state index in [9.17, 15) is 8.42 Å². The fraction of sp³-hybridized carbons (Fsp3) is 1.00. The topological polar surface area (TPSA) is 55.4 Å². The van der Waals surface area contributed by atoms with Gasteiger partial charge in [-0.05, 0) is 33.6 Å². The predicted octanol–water partition coefficient (Wildman–Crippen LogP) is 1.36. The van der Waals surface area contributed by atoms with Crippen LogP contribution in [0.3, 0.4) is 0 Å². The highest BCUT2D eigenvalue weighted by atomic mass is 32.2. The lowest BCUT2D eigenvalue weighted by Gasteiger charge is -2.25. The Morgan fingerprint density at radius 2 is 2.06 bits per heavy atom. The molecule has 1 saturated heterocycles. The van der Waals surface area contributed by atoms with E-state index in [0.29, 0.717) is 19.6 Å². The molecule has 0 radical (unpaired) electrons. The summed E-state index contributed by atoms with van der Waals surface area (Å²) in [4.78, 5) is 0. The highest BCUT2D eigenvalue weighted by Crippen LogP contribution is 2.21. The van der Waals surface area contributed by atoms with Crippen molar-refractivity contribution in [3.05, 3.63) is 0 Å². The Balaban J connectivity index is 2.45. The number of ether oxygens (including phenoxy) is 1. The highest BCUT2D eigenvalue weighted by molar-refractivity contribution is 7.92. The van der Waals surface area contributed by atoms with Crippen molar-refractivity contribution in [2.45, 2.75) is 57.4 Å². The molecule has 17 heavy (non-hydrogen) atoms. The molecule has 1 rings (SSSR count). The maximum Gasteiger partial charge on any atom is 0.157 e. The number of hydrogen-bond acceptors (Lipinski definition) is 4. The van der Waals surface area contributed by atoms with Gasteiger partial charge in [-0.3, -0.25) is 0 Å². The van der Waals surface area contributed by atoms with Crippen LogP contribution in [0.15, 0.2) is 0 Å². The number of rotatable bonds is 6. The first-order valence-corrected chi connectivity index (χ1v) is 8.08. The van der Waals surface area contributed by atoms with Gasteiger partial charge >= 0.3 is 0 Å². The molecular weight excluding hydrogens is 238 g/mol. The van der Waals surface area contributed by atoms with Crippen molar-refractivity contribution in [2.75, 3.05) is 18.9 Å². The van der Waals surface area contributed by atoms with Gasteiger partial charge < -0.3 is 10.1 Å². The summed E-state index contributed by atoms with van der Waals surface area (Å²) in [6.45, 7) is 9.19. The van der Waals surface area contributed by atoms with Crippen molar-refractivity contribution in [1.82, 2.24) is 5.32 Å². The molecule has 0 aromatic heterocycles. The quantitative estimate of drug-likeness (QED) is 0.786. The maximum absolute atomic E-state index is 12.1. The summed E-state index contributed by atoms with van der Waals surface area (Å²) in [6.07, 6.45) is 1.47. The third kappa shape index (κ3) is 4.23. The molecule has 102 valence electrons. The zero-order valence-corrected chi connectivity index (χ0v) is 12.1. The summed E-state index contributed by atoms with van der Waals surface area (Å²) in [5, 5.41) is 2.97. The van der Waals surface area contributed by atoms with Gasteiger partial charge in [-0.1, -0.05) is 6.92 Å². The van der Waals surface area contributed by atoms with Crippen LogP contribution < -0.4 is 5.32 Å². The Hall–Kier alpha value is -0.130. The third-order valence-corrected chi connectivity index (χ3v) is 5.96. The molecule has 0 spiro atoms. The molecule has 2 atom stereocenters. The van der Waals surface area contributed by atoms with Gasteiger partial charge in [0.25, 0.3) is 0 Å². The lowest BCUT2D eigenvalue weighted by Crippen LogP contribution is -2.42. The fourth-order valence-electron chi connectivity index (χ4n) is 1.99. The molecule has 1 N–H and O–H groups in total. The van der Waals surface area contributed by atoms with E-state index >= 15 is 0 Å². The van der Waals surface area contributed by atoms with Crippen molar-refractivity contribution in [2.24, 2.45) is 0 Å². The Bertz CT molecular complexity index is 338. The first-order chi connectivity index (χ1) is 7.78. The molecule has 0 aliphatic carbocycles. The van der Waals surface area contributed by atoms with E-state index in [4.69, 9.17) is 4.74 Å². The van der Waals surface area contributed by atoms with Gasteiger partial charge in [-0.15, -0.1) is 0 Å². The molecule has 0 amide bonds. The Labute approximate surface area is 105 Å². The second-order valence-electron chi connectivity index (χ2n) is 5.43. The van der Waals surface area contributed by atoms with Crippen molar-refractivity contribution in [3.8, 4) is 0 Å². The summed E-state index contributed by atoms with van der Waals surface area (Å²) >= 11 is 0. The molecule has 1 heterocycles. The molecule has 1 aliphatic rings. The molecule has 1 aliphatic heterocycles. The van der Waals surface area contributed by atoms with Crippen molar-refractivity contribution in [3.63, 3.8) is 0 Å². The van der Waals surface area contributed by atoms with E-state index in [1.165, 1.54) is 0 Å². The Morgan fingerprint density at radius 1 is 1.41 bits per heavy atom. The van der Waals surface area contributed by atoms with Crippen LogP contribution in [0, 0.1) is 0 Å². The van der Waals surface area contributed by atoms with Gasteiger partial charge in [0, 0.05) is 18.7 Å². The van der Waals surface area contributed by atoms with Gasteiger partial charge in [0.15, 0.2) is 9.84 Å². The minimum absolute atomic E-state index is 0.00725. The summed E-state index contributed by atoms with van der Waals surface area (Å²) < 4.78 is 29.5. The minimum atomic E-state index is -3.03. The maximum atomic E-state index is 12.1. The summed E-state index contributed by atoms with van der Waals surface area (Å²) in [5.74, 6) is 0.203. The molecule has 0 aromatic rings. The zero-order valence-electron chi connectivity index (χ0n) is 11.3. The van der Waals surface area contributed by atoms with E-state index in [1.54, 1.807) is 0 Å². The monoisotopic (exact) mass is 263 g/mol. The normalized spacial score (nSPS) is 26.4. The highest BCUT2D eigenvalue weighted by Gasteiger charge is 2.35. The van der Waals surface area contributed by atoms with Gasteiger partial charge in [-0.2, -0.15) is 0 Å². The molecule has 0 aromatic carbocycles. The second-order valence-corrected chi connectivity index (χ2v) is 7.77. The van der Waals surface area contributed by atoms with Crippen LogP contribution in [0.5, 0.6) is 0 Å². The van der Waals surface area contributed by atoms with Crippen LogP contribution in [0.25, 0.3) is 0 Å². The van der Waals surface area contributed by atoms with Gasteiger partial charge in [-0.25, -0.2) is 8.42 Å². The van der Waals surface area contributed by atoms with E-state index < -0.39 is 9.84 Å². The van der Waals surface area contributed by atoms with Crippen LogP contribution in [0.1, 0.15) is 40.5 Å². The Morgan fingerprint density at radius 3 is 2.53 bits per heavy atom. The zero-order chi connectivity index (χ0) is 13.1. The van der Waals surface area contributed by atoms with Crippen LogP contribution in [-0.4, -0.2) is 44.2 Å². The van der Waals surface area contributed by atoms with Crippen LogP contribution in [0.4, 0.5) is 0 Å². The Kier molecular flexibility index (Phi) is 4.98. The number of sulfone groups is 1. The molecular formula is C12H25NO3S. The molecule has 1 fully saturated rings. The van der Waals surface area contributed by atoms with Gasteiger partial charge in [0.2, 0.25) is 0 Å². The largest absolute Gasteiger partial charge is 0.377 e. The molecule has 0 saturated carbocycles. The molecule has 5 heteroatoms. The number of nitrogens with one attached hydrogen (secondary N) is 1. The fourth-order valence-corrected chi connectivity index (χ4v) is 3.80. The lowest BCUT2D eigenvalue weighted by molar-refractivity contribution is 0.126.